The second-order valence-corrected chi connectivity index (χ2v) is 24.9. The summed E-state index contributed by atoms with van der Waals surface area (Å²) in [5, 5.41) is 5.45. The quantitative estimate of drug-likeness (QED) is 0.0318. The molecule has 2 aliphatic rings. The number of hydrogen-bond donors (Lipinski definition) is 0. The zero-order chi connectivity index (χ0) is 51.5. The minimum Gasteiger partial charge on any atom is -0.399 e. The first kappa shape index (κ1) is 56.9. The van der Waals surface area contributed by atoms with Crippen LogP contribution >= 0.6 is 0 Å². The van der Waals surface area contributed by atoms with E-state index in [4.69, 9.17) is 18.6 Å². The molecule has 2 saturated heterocycles. The molecule has 0 aliphatic carbocycles. The lowest BCUT2D eigenvalue weighted by atomic mass is 9.78. The summed E-state index contributed by atoms with van der Waals surface area (Å²) < 4.78 is 32.7. The maximum atomic E-state index is 6.77. The Hall–Kier alpha value is -2.77. The molecule has 0 N–H and O–H groups in total. The number of aromatic nitrogens is 2. The Bertz CT molecular complexity index is 2230. The molecule has 0 amide bonds. The summed E-state index contributed by atoms with van der Waals surface area (Å²) in [4.78, 5) is 0. The first-order valence-corrected chi connectivity index (χ1v) is 30.3. The van der Waals surface area contributed by atoms with Gasteiger partial charge in [0.05, 0.1) is 33.4 Å². The van der Waals surface area contributed by atoms with Crippen molar-refractivity contribution in [3.05, 3.63) is 48.5 Å². The van der Waals surface area contributed by atoms with E-state index in [1.54, 1.807) is 0 Å². The van der Waals surface area contributed by atoms with E-state index in [-0.39, 0.29) is 0 Å². The van der Waals surface area contributed by atoms with Crippen molar-refractivity contribution in [2.75, 3.05) is 0 Å². The predicted molar refractivity (Wildman–Crippen MR) is 314 cm³/mol. The van der Waals surface area contributed by atoms with Crippen LogP contribution in [-0.2, 0) is 18.6 Å². The van der Waals surface area contributed by atoms with E-state index >= 15 is 0 Å². The third kappa shape index (κ3) is 13.2. The van der Waals surface area contributed by atoms with Gasteiger partial charge in [-0.1, -0.05) is 206 Å². The molecular weight excluding hydrogens is 882 g/mol. The van der Waals surface area contributed by atoms with E-state index in [1.165, 1.54) is 223 Å². The second kappa shape index (κ2) is 25.8. The van der Waals surface area contributed by atoms with Crippen molar-refractivity contribution in [3.8, 4) is 0 Å². The Morgan fingerprint density at radius 2 is 0.583 bits per heavy atom. The molecule has 7 rings (SSSR count). The molecule has 0 unspecified atom stereocenters. The summed E-state index contributed by atoms with van der Waals surface area (Å²) in [7, 11) is -0.812. The van der Waals surface area contributed by atoms with Crippen molar-refractivity contribution in [2.45, 2.75) is 297 Å². The van der Waals surface area contributed by atoms with Crippen LogP contribution in [0.3, 0.4) is 0 Å². The van der Waals surface area contributed by atoms with Crippen LogP contribution in [0.25, 0.3) is 43.6 Å². The maximum absolute atomic E-state index is 6.77. The fourth-order valence-corrected chi connectivity index (χ4v) is 12.1. The molecule has 72 heavy (non-hydrogen) atoms. The van der Waals surface area contributed by atoms with Crippen molar-refractivity contribution < 1.29 is 18.6 Å². The molecule has 6 nitrogen and oxygen atoms in total. The molecule has 2 aromatic heterocycles. The molecule has 8 heteroatoms. The average molecular weight is 985 g/mol. The van der Waals surface area contributed by atoms with Crippen molar-refractivity contribution >= 4 is 68.8 Å². The van der Waals surface area contributed by atoms with Gasteiger partial charge in [-0.25, -0.2) is 0 Å². The highest BCUT2D eigenvalue weighted by Crippen LogP contribution is 2.44. The molecule has 0 bridgehead atoms. The SMILES string of the molecule is CCCCCCCCC(CCCCCCCC)n1c2cc(B3OC(C)(C)C(C)(C)O3)ccc2c2cc3c(cc21)c1ccc(B2OC(C)(C)C(C)(C)O2)cc1n3C(CCCCCCCC)CCCCCCCC. The summed E-state index contributed by atoms with van der Waals surface area (Å²) in [6.45, 7) is 26.7. The first-order valence-electron chi connectivity index (χ1n) is 30.3. The summed E-state index contributed by atoms with van der Waals surface area (Å²) in [5.41, 5.74) is 6.05. The van der Waals surface area contributed by atoms with Gasteiger partial charge in [-0.3, -0.25) is 0 Å². The number of benzene rings is 3. The van der Waals surface area contributed by atoms with Gasteiger partial charge in [-0.15, -0.1) is 0 Å². The van der Waals surface area contributed by atoms with Gasteiger partial charge >= 0.3 is 14.2 Å². The van der Waals surface area contributed by atoms with Gasteiger partial charge in [0.25, 0.3) is 0 Å². The fourth-order valence-electron chi connectivity index (χ4n) is 12.1. The van der Waals surface area contributed by atoms with Crippen LogP contribution in [0.4, 0.5) is 0 Å². The lowest BCUT2D eigenvalue weighted by Gasteiger charge is -2.32. The number of rotatable bonds is 32. The predicted octanol–water partition coefficient (Wildman–Crippen LogP) is 18.6. The molecule has 5 aromatic rings. The van der Waals surface area contributed by atoms with Crippen molar-refractivity contribution in [2.24, 2.45) is 0 Å². The summed E-state index contributed by atoms with van der Waals surface area (Å²) in [6, 6.07) is 20.4. The molecule has 2 aliphatic heterocycles. The van der Waals surface area contributed by atoms with Crippen LogP contribution in [0.2, 0.25) is 0 Å². The van der Waals surface area contributed by atoms with Crippen molar-refractivity contribution in [1.82, 2.24) is 9.13 Å². The molecule has 0 radical (unpaired) electrons. The van der Waals surface area contributed by atoms with E-state index in [9.17, 15) is 0 Å². The molecule has 3 aromatic carbocycles. The monoisotopic (exact) mass is 985 g/mol. The second-order valence-electron chi connectivity index (χ2n) is 24.9. The smallest absolute Gasteiger partial charge is 0.399 e. The van der Waals surface area contributed by atoms with Gasteiger partial charge < -0.3 is 27.8 Å². The zero-order valence-electron chi connectivity index (χ0n) is 48.3. The number of hydrogen-bond acceptors (Lipinski definition) is 4. The number of nitrogens with zero attached hydrogens (tertiary/aromatic N) is 2. The topological polar surface area (TPSA) is 46.8 Å². The summed E-state index contributed by atoms with van der Waals surface area (Å²) in [5.74, 6) is 0. The van der Waals surface area contributed by atoms with E-state index < -0.39 is 36.6 Å². The molecular formula is C64H102B2N2O4. The van der Waals surface area contributed by atoms with Gasteiger partial charge in [0.15, 0.2) is 0 Å². The van der Waals surface area contributed by atoms with Crippen LogP contribution in [0.15, 0.2) is 48.5 Å². The maximum Gasteiger partial charge on any atom is 0.494 e. The van der Waals surface area contributed by atoms with Crippen LogP contribution in [0.1, 0.15) is 275 Å². The zero-order valence-corrected chi connectivity index (χ0v) is 48.3. The summed E-state index contributed by atoms with van der Waals surface area (Å²) >= 11 is 0. The van der Waals surface area contributed by atoms with Gasteiger partial charge in [0.1, 0.15) is 0 Å². The van der Waals surface area contributed by atoms with Crippen LogP contribution in [0, 0.1) is 0 Å². The summed E-state index contributed by atoms with van der Waals surface area (Å²) in [6.07, 6.45) is 36.4. The van der Waals surface area contributed by atoms with Gasteiger partial charge in [0.2, 0.25) is 0 Å². The Kier molecular flexibility index (Phi) is 20.4. The van der Waals surface area contributed by atoms with E-state index in [0.717, 1.165) is 10.9 Å². The molecule has 4 heterocycles. The largest absolute Gasteiger partial charge is 0.494 e. The highest BCUT2D eigenvalue weighted by molar-refractivity contribution is 6.63. The van der Waals surface area contributed by atoms with Crippen molar-refractivity contribution in [3.63, 3.8) is 0 Å². The highest BCUT2D eigenvalue weighted by atomic mass is 16.7. The van der Waals surface area contributed by atoms with Crippen LogP contribution in [-0.4, -0.2) is 45.8 Å². The minimum atomic E-state index is -0.406. The third-order valence-electron chi connectivity index (χ3n) is 18.1. The highest BCUT2D eigenvalue weighted by Gasteiger charge is 2.53. The lowest BCUT2D eigenvalue weighted by molar-refractivity contribution is 0.00578. The van der Waals surface area contributed by atoms with Gasteiger partial charge in [-0.2, -0.15) is 0 Å². The molecule has 0 spiro atoms. The standard InChI is InChI=1S/C64H102B2N2O4/c1-13-17-21-25-29-33-37-51(38-34-30-26-22-18-14-2)67-57-45-49(65-69-61(5,6)62(7,8)70-65)41-43-53(57)55-48-60-56(47-59(55)67)54-44-42-50(66-71-63(9,10)64(11,12)72-66)46-58(54)68(60)52(39-35-31-27-23-19-15-3)40-36-32-28-24-20-16-4/h41-48,51-52H,13-40H2,1-12H3. The normalized spacial score (nSPS) is 17.5. The van der Waals surface area contributed by atoms with Crippen LogP contribution in [0.5, 0.6) is 0 Å². The average Bonchev–Trinajstić information content (AvgIpc) is 3.98. The Balaban J connectivity index is 1.42. The lowest BCUT2D eigenvalue weighted by Crippen LogP contribution is -2.41. The molecule has 0 saturated carbocycles. The van der Waals surface area contributed by atoms with E-state index in [2.05, 4.69) is 141 Å². The molecule has 398 valence electrons. The fraction of sp³-hybridized carbons (Fsp3) is 0.719. The Morgan fingerprint density at radius 1 is 0.333 bits per heavy atom. The van der Waals surface area contributed by atoms with E-state index in [1.807, 2.05) is 0 Å². The Morgan fingerprint density at radius 3 is 0.861 bits per heavy atom. The number of fused-ring (bicyclic) bond motifs is 6. The van der Waals surface area contributed by atoms with Gasteiger partial charge in [-0.05, 0) is 116 Å². The third-order valence-corrected chi connectivity index (χ3v) is 18.1. The van der Waals surface area contributed by atoms with Crippen molar-refractivity contribution in [1.29, 1.82) is 0 Å². The van der Waals surface area contributed by atoms with E-state index in [0.29, 0.717) is 12.1 Å². The first-order chi connectivity index (χ1) is 34.6. The van der Waals surface area contributed by atoms with Gasteiger partial charge in [0, 0.05) is 44.7 Å². The van der Waals surface area contributed by atoms with Crippen LogP contribution < -0.4 is 10.9 Å². The minimum absolute atomic E-state index is 0.404. The molecule has 0 atom stereocenters. The number of unbranched alkanes of at least 4 members (excludes halogenated alkanes) is 20. The Labute approximate surface area is 440 Å². The molecule has 2 fully saturated rings.